The number of carbonyl (C=O) groups excluding carboxylic acids is 1. The fourth-order valence-corrected chi connectivity index (χ4v) is 2.64. The molecule has 1 aromatic heterocycles. The molecule has 134 valence electrons. The van der Waals surface area contributed by atoms with Crippen molar-refractivity contribution in [3.8, 4) is 5.69 Å². The predicted molar refractivity (Wildman–Crippen MR) is 99.1 cm³/mol. The van der Waals surface area contributed by atoms with E-state index in [-0.39, 0.29) is 23.9 Å². The lowest BCUT2D eigenvalue weighted by Crippen LogP contribution is -2.26. The molecule has 6 heteroatoms. The van der Waals surface area contributed by atoms with E-state index in [1.54, 1.807) is 0 Å². The standard InChI is InChI=1S/C20H22N4O2/c1-15-9-11-17(12-10-15)24-22-18(14-25)19(23-24)20(26)21-13-5-8-16-6-3-2-4-7-16/h2-4,6-7,9-12,25H,5,8,13-14H2,1H3,(H,21,26). The molecule has 0 unspecified atom stereocenters. The predicted octanol–water partition coefficient (Wildman–Crippen LogP) is 2.43. The van der Waals surface area contributed by atoms with Gasteiger partial charge >= 0.3 is 0 Å². The SMILES string of the molecule is Cc1ccc(-n2nc(CO)c(C(=O)NCCCc3ccccc3)n2)cc1. The van der Waals surface area contributed by atoms with E-state index >= 15 is 0 Å². The molecule has 0 bridgehead atoms. The maximum atomic E-state index is 12.4. The summed E-state index contributed by atoms with van der Waals surface area (Å²) in [7, 11) is 0. The molecule has 0 radical (unpaired) electrons. The van der Waals surface area contributed by atoms with Gasteiger partial charge in [-0.2, -0.15) is 4.80 Å². The highest BCUT2D eigenvalue weighted by atomic mass is 16.3. The summed E-state index contributed by atoms with van der Waals surface area (Å²) in [5.41, 5.74) is 3.54. The van der Waals surface area contributed by atoms with Gasteiger partial charge in [-0.3, -0.25) is 4.79 Å². The van der Waals surface area contributed by atoms with Crippen LogP contribution in [0.25, 0.3) is 5.69 Å². The normalized spacial score (nSPS) is 10.7. The van der Waals surface area contributed by atoms with E-state index in [4.69, 9.17) is 0 Å². The number of aromatic nitrogens is 3. The van der Waals surface area contributed by atoms with E-state index in [2.05, 4.69) is 27.6 Å². The van der Waals surface area contributed by atoms with Gasteiger partial charge in [0.1, 0.15) is 5.69 Å². The molecule has 3 rings (SSSR count). The molecule has 0 aliphatic carbocycles. The zero-order valence-corrected chi connectivity index (χ0v) is 14.7. The van der Waals surface area contributed by atoms with Gasteiger partial charge in [0.15, 0.2) is 5.69 Å². The number of hydrogen-bond acceptors (Lipinski definition) is 4. The van der Waals surface area contributed by atoms with Gasteiger partial charge in [0, 0.05) is 6.54 Å². The summed E-state index contributed by atoms with van der Waals surface area (Å²) in [5, 5.41) is 20.8. The Kier molecular flexibility index (Phi) is 5.76. The second kappa shape index (κ2) is 8.40. The number of hydrogen-bond donors (Lipinski definition) is 2. The summed E-state index contributed by atoms with van der Waals surface area (Å²) in [6.45, 7) is 2.20. The molecule has 0 aliphatic rings. The number of nitrogens with zero attached hydrogens (tertiary/aromatic N) is 3. The van der Waals surface area contributed by atoms with Crippen molar-refractivity contribution < 1.29 is 9.90 Å². The third kappa shape index (κ3) is 4.34. The first-order valence-corrected chi connectivity index (χ1v) is 8.63. The highest BCUT2D eigenvalue weighted by Crippen LogP contribution is 2.11. The second-order valence-electron chi connectivity index (χ2n) is 6.12. The van der Waals surface area contributed by atoms with Crippen LogP contribution in [0.1, 0.15) is 33.7 Å². The fraction of sp³-hybridized carbons (Fsp3) is 0.250. The average molecular weight is 350 g/mol. The number of amides is 1. The van der Waals surface area contributed by atoms with Crippen LogP contribution in [0.5, 0.6) is 0 Å². The molecule has 0 saturated heterocycles. The molecule has 1 amide bonds. The molecule has 0 spiro atoms. The van der Waals surface area contributed by atoms with Crippen molar-refractivity contribution >= 4 is 5.91 Å². The Morgan fingerprint density at radius 1 is 1.08 bits per heavy atom. The molecule has 26 heavy (non-hydrogen) atoms. The van der Waals surface area contributed by atoms with Crippen molar-refractivity contribution in [3.05, 3.63) is 77.1 Å². The van der Waals surface area contributed by atoms with Crippen LogP contribution in [-0.4, -0.2) is 32.6 Å². The quantitative estimate of drug-likeness (QED) is 0.642. The molecule has 3 aromatic rings. The zero-order chi connectivity index (χ0) is 18.4. The van der Waals surface area contributed by atoms with Crippen molar-refractivity contribution in [1.82, 2.24) is 20.3 Å². The third-order valence-electron chi connectivity index (χ3n) is 4.08. The van der Waals surface area contributed by atoms with E-state index < -0.39 is 0 Å². The minimum Gasteiger partial charge on any atom is -0.390 e. The molecule has 0 saturated carbocycles. The monoisotopic (exact) mass is 350 g/mol. The highest BCUT2D eigenvalue weighted by Gasteiger charge is 2.18. The van der Waals surface area contributed by atoms with E-state index in [0.29, 0.717) is 6.54 Å². The molecular formula is C20H22N4O2. The summed E-state index contributed by atoms with van der Waals surface area (Å²) < 4.78 is 0. The third-order valence-corrected chi connectivity index (χ3v) is 4.08. The van der Waals surface area contributed by atoms with Gasteiger partial charge in [0.05, 0.1) is 12.3 Å². The van der Waals surface area contributed by atoms with Gasteiger partial charge in [-0.15, -0.1) is 10.2 Å². The Balaban J connectivity index is 1.62. The largest absolute Gasteiger partial charge is 0.390 e. The van der Waals surface area contributed by atoms with Crippen LogP contribution < -0.4 is 5.32 Å². The van der Waals surface area contributed by atoms with E-state index in [0.717, 1.165) is 24.1 Å². The van der Waals surface area contributed by atoms with Gasteiger partial charge < -0.3 is 10.4 Å². The van der Waals surface area contributed by atoms with Crippen LogP contribution in [0.15, 0.2) is 54.6 Å². The summed E-state index contributed by atoms with van der Waals surface area (Å²) >= 11 is 0. The Morgan fingerprint density at radius 3 is 2.50 bits per heavy atom. The number of benzene rings is 2. The van der Waals surface area contributed by atoms with Gasteiger partial charge in [-0.05, 0) is 37.5 Å². The minimum absolute atomic E-state index is 0.160. The van der Waals surface area contributed by atoms with Crippen molar-refractivity contribution in [3.63, 3.8) is 0 Å². The topological polar surface area (TPSA) is 80.0 Å². The molecule has 0 atom stereocenters. The lowest BCUT2D eigenvalue weighted by Gasteiger charge is -2.04. The molecule has 2 aromatic carbocycles. The Labute approximate surface area is 152 Å². The van der Waals surface area contributed by atoms with E-state index in [1.807, 2.05) is 49.4 Å². The first-order chi connectivity index (χ1) is 12.7. The van der Waals surface area contributed by atoms with Crippen LogP contribution in [0, 0.1) is 6.92 Å². The summed E-state index contributed by atoms with van der Waals surface area (Å²) in [6.07, 6.45) is 1.72. The van der Waals surface area contributed by atoms with Gasteiger partial charge in [-0.1, -0.05) is 48.0 Å². The summed E-state index contributed by atoms with van der Waals surface area (Å²) in [5.74, 6) is -0.319. The highest BCUT2D eigenvalue weighted by molar-refractivity contribution is 5.93. The summed E-state index contributed by atoms with van der Waals surface area (Å²) in [6, 6.07) is 17.8. The Morgan fingerprint density at radius 2 is 1.81 bits per heavy atom. The van der Waals surface area contributed by atoms with E-state index in [9.17, 15) is 9.90 Å². The Hall–Kier alpha value is -2.99. The van der Waals surface area contributed by atoms with Crippen molar-refractivity contribution in [2.45, 2.75) is 26.4 Å². The lowest BCUT2D eigenvalue weighted by atomic mass is 10.1. The average Bonchev–Trinajstić information content (AvgIpc) is 3.11. The number of aliphatic hydroxyl groups excluding tert-OH is 1. The van der Waals surface area contributed by atoms with Crippen LogP contribution in [0.4, 0.5) is 0 Å². The van der Waals surface area contributed by atoms with Gasteiger partial charge in [0.2, 0.25) is 0 Å². The lowest BCUT2D eigenvalue weighted by molar-refractivity contribution is 0.0944. The van der Waals surface area contributed by atoms with Crippen LogP contribution in [0.3, 0.4) is 0 Å². The number of rotatable bonds is 7. The maximum absolute atomic E-state index is 12.4. The van der Waals surface area contributed by atoms with Crippen LogP contribution in [0.2, 0.25) is 0 Å². The molecule has 0 fully saturated rings. The van der Waals surface area contributed by atoms with Crippen LogP contribution in [-0.2, 0) is 13.0 Å². The van der Waals surface area contributed by atoms with Gasteiger partial charge in [0.25, 0.3) is 5.91 Å². The number of aliphatic hydroxyl groups is 1. The van der Waals surface area contributed by atoms with Crippen molar-refractivity contribution in [2.24, 2.45) is 0 Å². The molecular weight excluding hydrogens is 328 g/mol. The maximum Gasteiger partial charge on any atom is 0.273 e. The number of aryl methyl sites for hydroxylation is 2. The number of nitrogens with one attached hydrogen (secondary N) is 1. The second-order valence-corrected chi connectivity index (χ2v) is 6.12. The molecule has 0 aliphatic heterocycles. The minimum atomic E-state index is -0.335. The van der Waals surface area contributed by atoms with Gasteiger partial charge in [-0.25, -0.2) is 0 Å². The number of carbonyl (C=O) groups is 1. The van der Waals surface area contributed by atoms with Crippen molar-refractivity contribution in [2.75, 3.05) is 6.54 Å². The van der Waals surface area contributed by atoms with Crippen molar-refractivity contribution in [1.29, 1.82) is 0 Å². The zero-order valence-electron chi connectivity index (χ0n) is 14.7. The van der Waals surface area contributed by atoms with E-state index in [1.165, 1.54) is 10.4 Å². The molecule has 1 heterocycles. The van der Waals surface area contributed by atoms with Crippen LogP contribution >= 0.6 is 0 Å². The molecule has 6 nitrogen and oxygen atoms in total. The Bertz CT molecular complexity index is 857. The first kappa shape index (κ1) is 17.8. The molecule has 2 N–H and O–H groups in total. The fourth-order valence-electron chi connectivity index (χ4n) is 2.64. The smallest absolute Gasteiger partial charge is 0.273 e. The first-order valence-electron chi connectivity index (χ1n) is 8.63. The summed E-state index contributed by atoms with van der Waals surface area (Å²) in [4.78, 5) is 13.8.